The van der Waals surface area contributed by atoms with Gasteiger partial charge in [0.25, 0.3) is 0 Å². The van der Waals surface area contributed by atoms with E-state index in [-0.39, 0.29) is 36.0 Å². The largest absolute Gasteiger partial charge is 0.486 e. The van der Waals surface area contributed by atoms with Crippen molar-refractivity contribution < 1.29 is 22.7 Å². The summed E-state index contributed by atoms with van der Waals surface area (Å²) in [6.07, 6.45) is 0. The predicted octanol–water partition coefficient (Wildman–Crippen LogP) is 2.23. The number of carbonyl (C=O) groups is 1. The van der Waals surface area contributed by atoms with Crippen LogP contribution < -0.4 is 14.8 Å². The Morgan fingerprint density at radius 1 is 1.19 bits per heavy atom. The van der Waals surface area contributed by atoms with Crippen molar-refractivity contribution in [3.05, 3.63) is 23.8 Å². The number of rotatable bonds is 7. The van der Waals surface area contributed by atoms with Crippen LogP contribution >= 0.6 is 0 Å². The van der Waals surface area contributed by atoms with Crippen LogP contribution in [-0.4, -0.2) is 57.7 Å². The Bertz CT molecular complexity index is 733. The number of nitrogens with zero attached hydrogens (tertiary/aromatic N) is 1. The van der Waals surface area contributed by atoms with Crippen molar-refractivity contribution in [2.45, 2.75) is 26.8 Å². The fourth-order valence-electron chi connectivity index (χ4n) is 2.75. The molecule has 0 radical (unpaired) electrons. The number of hydrogen-bond donors (Lipinski definition) is 1. The van der Waals surface area contributed by atoms with Crippen LogP contribution in [0.3, 0.4) is 0 Å². The molecule has 7 nitrogen and oxygen atoms in total. The van der Waals surface area contributed by atoms with Crippen LogP contribution in [0.4, 0.5) is 4.79 Å². The van der Waals surface area contributed by atoms with E-state index >= 15 is 0 Å². The number of sulfone groups is 1. The second-order valence-corrected chi connectivity index (χ2v) is 9.16. The number of urea groups is 1. The third-order valence-electron chi connectivity index (χ3n) is 4.23. The molecule has 0 aromatic heterocycles. The monoisotopic (exact) mass is 384 g/mol. The molecule has 0 saturated heterocycles. The first-order chi connectivity index (χ1) is 12.2. The van der Waals surface area contributed by atoms with Gasteiger partial charge in [0, 0.05) is 13.6 Å². The van der Waals surface area contributed by atoms with Crippen LogP contribution in [0.25, 0.3) is 0 Å². The highest BCUT2D eigenvalue weighted by Crippen LogP contribution is 2.33. The van der Waals surface area contributed by atoms with Gasteiger partial charge < -0.3 is 19.7 Å². The average molecular weight is 384 g/mol. The molecular formula is C18H28N2O5S. The molecule has 0 aliphatic carbocycles. The molecule has 0 fully saturated rings. The number of amides is 2. The van der Waals surface area contributed by atoms with Gasteiger partial charge in [0.05, 0.1) is 17.5 Å². The Morgan fingerprint density at radius 2 is 1.85 bits per heavy atom. The van der Waals surface area contributed by atoms with E-state index in [1.807, 2.05) is 39.0 Å². The van der Waals surface area contributed by atoms with Gasteiger partial charge in [-0.05, 0) is 30.5 Å². The molecule has 0 saturated carbocycles. The van der Waals surface area contributed by atoms with E-state index in [0.717, 1.165) is 5.56 Å². The molecule has 2 amide bonds. The molecular weight excluding hydrogens is 356 g/mol. The molecule has 0 bridgehead atoms. The molecule has 1 atom stereocenters. The molecule has 8 heteroatoms. The summed E-state index contributed by atoms with van der Waals surface area (Å²) in [5, 5.41) is 2.68. The van der Waals surface area contributed by atoms with Gasteiger partial charge in [0.15, 0.2) is 21.3 Å². The van der Waals surface area contributed by atoms with E-state index in [0.29, 0.717) is 24.7 Å². The molecule has 1 aliphatic heterocycles. The second-order valence-electron chi connectivity index (χ2n) is 6.93. The fraction of sp³-hybridized carbons (Fsp3) is 0.611. The minimum atomic E-state index is -3.15. The van der Waals surface area contributed by atoms with Crippen LogP contribution in [0.1, 0.15) is 32.4 Å². The molecule has 1 heterocycles. The van der Waals surface area contributed by atoms with Gasteiger partial charge in [0.1, 0.15) is 13.2 Å². The molecule has 146 valence electrons. The third-order valence-corrected chi connectivity index (χ3v) is 6.23. The zero-order valence-electron chi connectivity index (χ0n) is 15.8. The van der Waals surface area contributed by atoms with Crippen molar-refractivity contribution in [2.75, 3.05) is 38.3 Å². The Morgan fingerprint density at radius 3 is 2.50 bits per heavy atom. The number of nitrogens with one attached hydrogen (secondary N) is 1. The maximum absolute atomic E-state index is 12.3. The SMILES string of the molecule is CC(C)CS(=O)(=O)CCNC(=O)N(C)C(C)c1ccc2c(c1)OCCO2. The van der Waals surface area contributed by atoms with E-state index in [2.05, 4.69) is 5.32 Å². The lowest BCUT2D eigenvalue weighted by Gasteiger charge is -2.27. The predicted molar refractivity (Wildman–Crippen MR) is 101 cm³/mol. The normalized spacial score (nSPS) is 14.8. The van der Waals surface area contributed by atoms with Crippen molar-refractivity contribution >= 4 is 15.9 Å². The minimum absolute atomic E-state index is 0.0524. The van der Waals surface area contributed by atoms with Gasteiger partial charge in [-0.1, -0.05) is 19.9 Å². The Balaban J connectivity index is 1.91. The van der Waals surface area contributed by atoms with Gasteiger partial charge in [-0.2, -0.15) is 0 Å². The number of fused-ring (bicyclic) bond motifs is 1. The van der Waals surface area contributed by atoms with Gasteiger partial charge in [-0.25, -0.2) is 13.2 Å². The van der Waals surface area contributed by atoms with Crippen molar-refractivity contribution in [1.82, 2.24) is 10.2 Å². The topological polar surface area (TPSA) is 84.9 Å². The molecule has 2 rings (SSSR count). The van der Waals surface area contributed by atoms with Gasteiger partial charge >= 0.3 is 6.03 Å². The summed E-state index contributed by atoms with van der Waals surface area (Å²) >= 11 is 0. The molecule has 1 unspecified atom stereocenters. The molecule has 1 aromatic carbocycles. The highest BCUT2D eigenvalue weighted by Gasteiger charge is 2.21. The van der Waals surface area contributed by atoms with E-state index < -0.39 is 9.84 Å². The third kappa shape index (κ3) is 5.52. The first kappa shape index (κ1) is 20.4. The maximum atomic E-state index is 12.3. The van der Waals surface area contributed by atoms with E-state index in [9.17, 15) is 13.2 Å². The summed E-state index contributed by atoms with van der Waals surface area (Å²) in [5.41, 5.74) is 0.916. The van der Waals surface area contributed by atoms with Crippen LogP contribution in [0.5, 0.6) is 11.5 Å². The first-order valence-corrected chi connectivity index (χ1v) is 10.6. The quantitative estimate of drug-likeness (QED) is 0.779. The number of carbonyl (C=O) groups excluding carboxylic acids is 1. The van der Waals surface area contributed by atoms with Gasteiger partial charge in [0.2, 0.25) is 0 Å². The summed E-state index contributed by atoms with van der Waals surface area (Å²) in [5.74, 6) is 1.53. The number of ether oxygens (including phenoxy) is 2. The van der Waals surface area contributed by atoms with Crippen LogP contribution in [0.2, 0.25) is 0 Å². The zero-order chi connectivity index (χ0) is 19.3. The standard InChI is InChI=1S/C18H28N2O5S/c1-13(2)12-26(22,23)10-7-19-18(21)20(4)14(3)15-5-6-16-17(11-15)25-9-8-24-16/h5-6,11,13-14H,7-10,12H2,1-4H3,(H,19,21). The second kappa shape index (κ2) is 8.62. The van der Waals surface area contributed by atoms with Gasteiger partial charge in [-0.3, -0.25) is 0 Å². The van der Waals surface area contributed by atoms with Crippen LogP contribution in [0.15, 0.2) is 18.2 Å². The summed E-state index contributed by atoms with van der Waals surface area (Å²) in [6, 6.07) is 5.10. The van der Waals surface area contributed by atoms with E-state index in [1.165, 1.54) is 0 Å². The minimum Gasteiger partial charge on any atom is -0.486 e. The zero-order valence-corrected chi connectivity index (χ0v) is 16.6. The van der Waals surface area contributed by atoms with Gasteiger partial charge in [-0.15, -0.1) is 0 Å². The molecule has 0 spiro atoms. The lowest BCUT2D eigenvalue weighted by atomic mass is 10.1. The van der Waals surface area contributed by atoms with Crippen LogP contribution in [0, 0.1) is 5.92 Å². The smallest absolute Gasteiger partial charge is 0.317 e. The lowest BCUT2D eigenvalue weighted by Crippen LogP contribution is -2.41. The highest BCUT2D eigenvalue weighted by molar-refractivity contribution is 7.91. The molecule has 1 aliphatic rings. The number of benzene rings is 1. The van der Waals surface area contributed by atoms with Crippen LogP contribution in [-0.2, 0) is 9.84 Å². The Hall–Kier alpha value is -1.96. The summed E-state index contributed by atoms with van der Waals surface area (Å²) < 4.78 is 34.9. The molecule has 1 aromatic rings. The summed E-state index contributed by atoms with van der Waals surface area (Å²) in [6.45, 7) is 6.76. The van der Waals surface area contributed by atoms with Crippen molar-refractivity contribution in [2.24, 2.45) is 5.92 Å². The lowest BCUT2D eigenvalue weighted by molar-refractivity contribution is 0.170. The van der Waals surface area contributed by atoms with Crippen molar-refractivity contribution in [3.63, 3.8) is 0 Å². The summed E-state index contributed by atoms with van der Waals surface area (Å²) in [7, 11) is -1.47. The Labute approximate surface area is 155 Å². The maximum Gasteiger partial charge on any atom is 0.317 e. The Kier molecular flexibility index (Phi) is 6.75. The fourth-order valence-corrected chi connectivity index (χ4v) is 4.34. The van der Waals surface area contributed by atoms with Crippen molar-refractivity contribution in [3.8, 4) is 11.5 Å². The molecule has 26 heavy (non-hydrogen) atoms. The van der Waals surface area contributed by atoms with E-state index in [4.69, 9.17) is 9.47 Å². The van der Waals surface area contributed by atoms with E-state index in [1.54, 1.807) is 11.9 Å². The number of hydrogen-bond acceptors (Lipinski definition) is 5. The molecule has 1 N–H and O–H groups in total. The average Bonchev–Trinajstić information content (AvgIpc) is 2.58. The first-order valence-electron chi connectivity index (χ1n) is 8.80. The summed E-state index contributed by atoms with van der Waals surface area (Å²) in [4.78, 5) is 13.9. The highest BCUT2D eigenvalue weighted by atomic mass is 32.2. The van der Waals surface area contributed by atoms with Crippen molar-refractivity contribution in [1.29, 1.82) is 0 Å².